The van der Waals surface area contributed by atoms with E-state index in [1.807, 2.05) is 24.3 Å². The van der Waals surface area contributed by atoms with E-state index in [4.69, 9.17) is 14.2 Å². The largest absolute Gasteiger partial charge is 0.508 e. The number of allylic oxidation sites excluding steroid dienone is 6. The molecule has 15 heteroatoms. The highest BCUT2D eigenvalue weighted by atomic mass is 16.5. The first-order valence-corrected chi connectivity index (χ1v) is 37.8. The summed E-state index contributed by atoms with van der Waals surface area (Å²) in [6, 6.07) is 19.8. The van der Waals surface area contributed by atoms with Gasteiger partial charge in [0.1, 0.15) is 40.7 Å². The first-order chi connectivity index (χ1) is 48.9. The van der Waals surface area contributed by atoms with Crippen LogP contribution in [0, 0.1) is 57.2 Å². The Bertz CT molecular complexity index is 4450. The van der Waals surface area contributed by atoms with Gasteiger partial charge in [-0.3, -0.25) is 14.4 Å². The van der Waals surface area contributed by atoms with Gasteiger partial charge >= 0.3 is 5.97 Å². The van der Waals surface area contributed by atoms with Crippen LogP contribution in [0.25, 0.3) is 10.8 Å². The number of rotatable bonds is 8. The second-order valence-electron chi connectivity index (χ2n) is 32.4. The Labute approximate surface area is 593 Å². The highest BCUT2D eigenvalue weighted by Crippen LogP contribution is 2.67. The molecule has 4 fully saturated rings. The van der Waals surface area contributed by atoms with Crippen LogP contribution in [0.2, 0.25) is 0 Å². The van der Waals surface area contributed by atoms with Crippen molar-refractivity contribution in [2.45, 2.75) is 198 Å². The minimum atomic E-state index is -0.841. The van der Waals surface area contributed by atoms with E-state index >= 15 is 4.79 Å². The number of aromatic nitrogens is 2. The lowest BCUT2D eigenvalue weighted by Gasteiger charge is -2.43. The zero-order valence-electron chi connectivity index (χ0n) is 58.8. The SMILES string of the molecule is COc1cc2cc(O)c1Oc1cc(O)cc(c1)CC1(CCCC1)[C@@H](CO)C[C@H]1CC[C@@]3(CC[C@@]4(Cc5c6c(ccc7c6cn5[C@@H]2CC(=O)C[C@H](OC(C)=O)CC[C@@]25Cc6c[nH]cc6[C@H](C#CCC2=CC=C[C@@H]5C)[C@H](c2cccc(O)c2)C2=CCNC(=C2)N7CCC(=O)C2CCCC2)[C@H]4O)C3)C1. The Morgan fingerprint density at radius 1 is 0.851 bits per heavy atom. The number of nitrogens with zero attached hydrogens (tertiary/aromatic N) is 2. The second-order valence-corrected chi connectivity index (χ2v) is 32.4. The minimum Gasteiger partial charge on any atom is -0.508 e. The van der Waals surface area contributed by atoms with Gasteiger partial charge in [0, 0.05) is 116 Å². The first-order valence-electron chi connectivity index (χ1n) is 37.8. The molecule has 101 heavy (non-hydrogen) atoms. The molecule has 4 aliphatic heterocycles. The monoisotopic (exact) mass is 1360 g/mol. The van der Waals surface area contributed by atoms with Gasteiger partial charge in [0.2, 0.25) is 5.75 Å². The number of nitrogens with one attached hydrogen (secondary N) is 2. The number of hydrogen-bond donors (Lipinski definition) is 7. The van der Waals surface area contributed by atoms with Gasteiger partial charge in [-0.05, 0) is 219 Å². The van der Waals surface area contributed by atoms with E-state index < -0.39 is 35.0 Å². The van der Waals surface area contributed by atoms with Gasteiger partial charge in [-0.1, -0.05) is 92.5 Å². The summed E-state index contributed by atoms with van der Waals surface area (Å²) < 4.78 is 21.6. The number of dihydropyridines is 1. The molecule has 7 aliphatic carbocycles. The number of ether oxygens (including phenoxy) is 3. The molecule has 15 nitrogen and oxygen atoms in total. The number of esters is 1. The van der Waals surface area contributed by atoms with Crippen LogP contribution < -0.4 is 19.7 Å². The molecule has 6 heterocycles. The fraction of sp³-hybridized carbons (Fsp3) is 0.500. The molecule has 14 bridgehead atoms. The molecule has 2 aromatic heterocycles. The fourth-order valence-corrected chi connectivity index (χ4v) is 21.8. The van der Waals surface area contributed by atoms with Crippen molar-refractivity contribution < 1.29 is 54.1 Å². The van der Waals surface area contributed by atoms with Gasteiger partial charge in [-0.15, -0.1) is 0 Å². The average Bonchev–Trinajstić information content (AvgIpc) is 1.53. The maximum atomic E-state index is 16.0. The van der Waals surface area contributed by atoms with Crippen molar-refractivity contribution in [3.05, 3.63) is 172 Å². The molecule has 11 aliphatic rings. The Balaban J connectivity index is 0.919. The summed E-state index contributed by atoms with van der Waals surface area (Å²) in [5, 5.41) is 66.5. The van der Waals surface area contributed by atoms with Crippen LogP contribution in [0.4, 0.5) is 5.69 Å². The van der Waals surface area contributed by atoms with Crippen molar-refractivity contribution in [3.8, 4) is 46.3 Å². The number of benzene rings is 4. The topological polar surface area (TPSA) is 216 Å². The van der Waals surface area contributed by atoms with Crippen molar-refractivity contribution in [2.24, 2.45) is 45.3 Å². The van der Waals surface area contributed by atoms with Gasteiger partial charge in [0.05, 0.1) is 30.9 Å². The number of Topliss-reactive ketones (excluding diaryl/α,β-unsaturated/α-hetero) is 2. The molecule has 4 saturated carbocycles. The van der Waals surface area contributed by atoms with Gasteiger partial charge in [0.25, 0.3) is 0 Å². The average molecular weight is 1360 g/mol. The third-order valence-corrected chi connectivity index (χ3v) is 26.6. The van der Waals surface area contributed by atoms with E-state index in [1.54, 1.807) is 24.3 Å². The summed E-state index contributed by atoms with van der Waals surface area (Å²) in [5.41, 5.74) is 7.99. The van der Waals surface area contributed by atoms with Crippen LogP contribution >= 0.6 is 0 Å². The number of methoxy groups -OCH3 is 1. The standard InChI is InChI=1S/C86H98N4O11/c1-52-11-8-15-61-16-10-18-68-70-48-87-47-60(70)45-86(52,61)28-22-66(100-53(2)92)40-65(95)42-73-59-37-76(97)81(77(38-59)99-3)101-67-35-55(34-64(94)41-67)44-84(25-6-7-26-84)62(50-91)33-54-21-27-83(43-54)29-30-85(51-83)46-74-80-69(82(85)98)19-20-72(71(80)49-90(73)74)89(32-24-75(96)56-12-4-5-13-56)78-39-58(23-31-88-78)79(68)57-14-9-17-63(93)36-57/h8-9,11,14-15,17,19-20,23,34-39,41,47-49,52,54,56,62,66,68,73,79,82,87-88,91,93-94,97-98H,4-7,12-13,16,21-22,24-33,40,42-46,50-51H2,1-3H3/t52-,54+,62+,66+,68-,73+,79+,82+,83+,85+,86-/m0/s1. The van der Waals surface area contributed by atoms with Crippen LogP contribution in [-0.2, 0) is 38.4 Å². The fourth-order valence-electron chi connectivity index (χ4n) is 21.8. The molecular weight excluding hydrogens is 1260 g/mol. The number of aromatic hydroxyl groups is 3. The summed E-state index contributed by atoms with van der Waals surface area (Å²) in [4.78, 5) is 50.0. The van der Waals surface area contributed by atoms with Gasteiger partial charge < -0.3 is 59.5 Å². The molecule has 0 unspecified atom stereocenters. The Morgan fingerprint density at radius 3 is 2.51 bits per heavy atom. The molecule has 7 N–H and O–H groups in total. The maximum Gasteiger partial charge on any atom is 0.302 e. The van der Waals surface area contributed by atoms with Crippen molar-refractivity contribution in [1.29, 1.82) is 0 Å². The number of fused-ring (bicyclic) bond motifs is 4. The molecule has 0 amide bonds. The van der Waals surface area contributed by atoms with E-state index in [-0.39, 0.29) is 107 Å². The van der Waals surface area contributed by atoms with E-state index in [0.29, 0.717) is 68.8 Å². The van der Waals surface area contributed by atoms with E-state index in [9.17, 15) is 35.1 Å². The van der Waals surface area contributed by atoms with Gasteiger partial charge in [-0.25, -0.2) is 0 Å². The summed E-state index contributed by atoms with van der Waals surface area (Å²) in [7, 11) is 1.53. The number of aliphatic hydroxyl groups excluding tert-OH is 2. The molecule has 4 aromatic carbocycles. The third-order valence-electron chi connectivity index (χ3n) is 26.6. The molecule has 528 valence electrons. The van der Waals surface area contributed by atoms with Crippen LogP contribution in [0.5, 0.6) is 34.5 Å². The maximum absolute atomic E-state index is 16.0. The number of aliphatic hydroxyl groups is 2. The summed E-state index contributed by atoms with van der Waals surface area (Å²) in [5.74, 6) is 8.18. The molecule has 4 spiro atoms. The molecule has 11 atom stereocenters. The molecule has 0 saturated heterocycles. The number of phenols is 3. The smallest absolute Gasteiger partial charge is 0.302 e. The zero-order valence-corrected chi connectivity index (χ0v) is 58.8. The molecule has 6 aromatic rings. The highest BCUT2D eigenvalue weighted by molar-refractivity contribution is 6.01. The number of carbonyl (C=O) groups is 3. The minimum absolute atomic E-state index is 0.0169. The van der Waals surface area contributed by atoms with Crippen molar-refractivity contribution in [2.75, 3.05) is 31.7 Å². The van der Waals surface area contributed by atoms with Crippen LogP contribution in [0.1, 0.15) is 212 Å². The Morgan fingerprint density at radius 2 is 1.70 bits per heavy atom. The quantitative estimate of drug-likeness (QED) is 0.0558. The second kappa shape index (κ2) is 26.7. The lowest BCUT2D eigenvalue weighted by Crippen LogP contribution is -2.37. The Hall–Kier alpha value is -8.45. The number of ketones is 2. The van der Waals surface area contributed by atoms with Crippen molar-refractivity contribution >= 4 is 34.0 Å². The number of H-pyrrole nitrogens is 1. The lowest BCUT2D eigenvalue weighted by atomic mass is 9.61. The Kier molecular flexibility index (Phi) is 17.8. The summed E-state index contributed by atoms with van der Waals surface area (Å²) in [6.07, 6.45) is 33.6. The highest BCUT2D eigenvalue weighted by Gasteiger charge is 2.57. The zero-order chi connectivity index (χ0) is 69.5. The molecule has 0 radical (unpaired) electrons. The first kappa shape index (κ1) is 67.1. The van der Waals surface area contributed by atoms with Crippen molar-refractivity contribution in [3.63, 3.8) is 0 Å². The normalized spacial score (nSPS) is 29.9. The number of phenolic OH excluding ortho intramolecular Hbond substituents is 3. The van der Waals surface area contributed by atoms with E-state index in [1.165, 1.54) is 19.6 Å². The van der Waals surface area contributed by atoms with Crippen LogP contribution in [0.3, 0.4) is 0 Å². The predicted molar refractivity (Wildman–Crippen MR) is 389 cm³/mol. The lowest BCUT2D eigenvalue weighted by molar-refractivity contribution is -0.148. The predicted octanol–water partition coefficient (Wildman–Crippen LogP) is 16.2. The molecular formula is C86H98N4O11. The number of carbonyl (C=O) groups excluding carboxylic acids is 3. The molecule has 17 rings (SSSR count). The van der Waals surface area contributed by atoms with Crippen molar-refractivity contribution in [1.82, 2.24) is 14.9 Å². The number of aromatic amines is 1. The number of hydrogen-bond acceptors (Lipinski definition) is 13. The van der Waals surface area contributed by atoms with Crippen LogP contribution in [-0.4, -0.2) is 85.5 Å². The van der Waals surface area contributed by atoms with Gasteiger partial charge in [-0.2, -0.15) is 0 Å². The van der Waals surface area contributed by atoms with E-state index in [2.05, 4.69) is 106 Å². The van der Waals surface area contributed by atoms with Gasteiger partial charge in [0.15, 0.2) is 11.5 Å². The summed E-state index contributed by atoms with van der Waals surface area (Å²) >= 11 is 0. The number of anilines is 1. The van der Waals surface area contributed by atoms with E-state index in [0.717, 1.165) is 158 Å². The summed E-state index contributed by atoms with van der Waals surface area (Å²) in [6.45, 7) is 4.53. The third kappa shape index (κ3) is 12.3. The van der Waals surface area contributed by atoms with Crippen LogP contribution in [0.15, 0.2) is 133 Å².